The zero-order valence-electron chi connectivity index (χ0n) is 12.4. The van der Waals surface area contributed by atoms with Crippen LogP contribution in [0, 0.1) is 0 Å². The van der Waals surface area contributed by atoms with Crippen molar-refractivity contribution in [1.82, 2.24) is 10.2 Å². The lowest BCUT2D eigenvalue weighted by atomic mass is 9.99. The van der Waals surface area contributed by atoms with Crippen LogP contribution in [0.4, 0.5) is 0 Å². The summed E-state index contributed by atoms with van der Waals surface area (Å²) in [6, 6.07) is 0.747. The van der Waals surface area contributed by atoms with E-state index in [1.807, 2.05) is 7.05 Å². The van der Waals surface area contributed by atoms with Crippen LogP contribution in [0.25, 0.3) is 0 Å². The van der Waals surface area contributed by atoms with Crippen LogP contribution >= 0.6 is 0 Å². The molecule has 2 aliphatic heterocycles. The summed E-state index contributed by atoms with van der Waals surface area (Å²) in [5.74, 6) is 0. The first-order valence-corrected chi connectivity index (χ1v) is 8.02. The quantitative estimate of drug-likeness (QED) is 0.767. The van der Waals surface area contributed by atoms with Crippen molar-refractivity contribution in [2.24, 2.45) is 0 Å². The van der Waals surface area contributed by atoms with Crippen molar-refractivity contribution in [3.8, 4) is 0 Å². The lowest BCUT2D eigenvalue weighted by Gasteiger charge is -2.36. The molecule has 0 saturated carbocycles. The standard InChI is InChI=1S/C15H30N2O2/c1-16-9-8-14-6-2-4-10-17(14)11-13-19-15-7-3-5-12-18-15/h14-16H,2-13H2,1H3. The Kier molecular flexibility index (Phi) is 7.14. The van der Waals surface area contributed by atoms with Gasteiger partial charge in [0.2, 0.25) is 0 Å². The second-order valence-electron chi connectivity index (χ2n) is 5.74. The van der Waals surface area contributed by atoms with Crippen molar-refractivity contribution >= 4 is 0 Å². The zero-order chi connectivity index (χ0) is 13.3. The molecule has 2 atom stereocenters. The molecule has 2 saturated heterocycles. The molecule has 0 aromatic heterocycles. The van der Waals surface area contributed by atoms with Crippen molar-refractivity contribution in [3.63, 3.8) is 0 Å². The van der Waals surface area contributed by atoms with Gasteiger partial charge >= 0.3 is 0 Å². The van der Waals surface area contributed by atoms with Crippen LogP contribution in [0.5, 0.6) is 0 Å². The Morgan fingerprint density at radius 1 is 1.21 bits per heavy atom. The molecule has 112 valence electrons. The highest BCUT2D eigenvalue weighted by molar-refractivity contribution is 4.77. The third-order valence-electron chi connectivity index (χ3n) is 4.30. The average molecular weight is 270 g/mol. The van der Waals surface area contributed by atoms with Crippen LogP contribution in [0.15, 0.2) is 0 Å². The van der Waals surface area contributed by atoms with Gasteiger partial charge in [0.15, 0.2) is 6.29 Å². The van der Waals surface area contributed by atoms with Gasteiger partial charge in [0.25, 0.3) is 0 Å². The van der Waals surface area contributed by atoms with Gasteiger partial charge in [0.05, 0.1) is 6.61 Å². The summed E-state index contributed by atoms with van der Waals surface area (Å²) in [6.07, 6.45) is 8.92. The van der Waals surface area contributed by atoms with Gasteiger partial charge in [-0.05, 0) is 58.7 Å². The molecule has 0 aromatic rings. The van der Waals surface area contributed by atoms with Crippen molar-refractivity contribution in [1.29, 1.82) is 0 Å². The lowest BCUT2D eigenvalue weighted by Crippen LogP contribution is -2.43. The Morgan fingerprint density at radius 3 is 2.89 bits per heavy atom. The van der Waals surface area contributed by atoms with Gasteiger partial charge in [-0.3, -0.25) is 4.90 Å². The summed E-state index contributed by atoms with van der Waals surface area (Å²) >= 11 is 0. The third-order valence-corrected chi connectivity index (χ3v) is 4.30. The summed E-state index contributed by atoms with van der Waals surface area (Å²) in [7, 11) is 2.04. The third kappa shape index (κ3) is 5.38. The van der Waals surface area contributed by atoms with Crippen LogP contribution < -0.4 is 5.32 Å². The number of rotatable bonds is 7. The maximum atomic E-state index is 5.86. The van der Waals surface area contributed by atoms with E-state index in [1.165, 1.54) is 45.1 Å². The van der Waals surface area contributed by atoms with Crippen molar-refractivity contribution < 1.29 is 9.47 Å². The summed E-state index contributed by atoms with van der Waals surface area (Å²) in [6.45, 7) is 5.12. The molecule has 0 amide bonds. The molecule has 0 aromatic carbocycles. The van der Waals surface area contributed by atoms with E-state index in [0.717, 1.165) is 38.8 Å². The second-order valence-corrected chi connectivity index (χ2v) is 5.74. The molecule has 0 bridgehead atoms. The van der Waals surface area contributed by atoms with Gasteiger partial charge in [-0.2, -0.15) is 0 Å². The molecule has 2 aliphatic rings. The van der Waals surface area contributed by atoms with E-state index < -0.39 is 0 Å². The number of likely N-dealkylation sites (tertiary alicyclic amines) is 1. The van der Waals surface area contributed by atoms with E-state index in [4.69, 9.17) is 9.47 Å². The Morgan fingerprint density at radius 2 is 2.11 bits per heavy atom. The molecular formula is C15H30N2O2. The minimum atomic E-state index is 0.0642. The Balaban J connectivity index is 1.64. The summed E-state index contributed by atoms with van der Waals surface area (Å²) in [4.78, 5) is 2.61. The normalized spacial score (nSPS) is 29.5. The van der Waals surface area contributed by atoms with Crippen LogP contribution in [-0.2, 0) is 9.47 Å². The lowest BCUT2D eigenvalue weighted by molar-refractivity contribution is -0.165. The number of nitrogens with one attached hydrogen (secondary N) is 1. The van der Waals surface area contributed by atoms with Gasteiger partial charge in [-0.1, -0.05) is 6.42 Å². The highest BCUT2D eigenvalue weighted by atomic mass is 16.7. The molecule has 4 heteroatoms. The molecular weight excluding hydrogens is 240 g/mol. The first-order chi connectivity index (χ1) is 9.40. The van der Waals surface area contributed by atoms with Gasteiger partial charge in [0, 0.05) is 19.2 Å². The molecule has 0 spiro atoms. The van der Waals surface area contributed by atoms with Crippen molar-refractivity contribution in [2.45, 2.75) is 57.3 Å². The van der Waals surface area contributed by atoms with Crippen LogP contribution in [-0.4, -0.2) is 57.1 Å². The predicted octanol–water partition coefficient (Wildman–Crippen LogP) is 1.99. The van der Waals surface area contributed by atoms with Crippen LogP contribution in [0.2, 0.25) is 0 Å². The molecule has 0 aliphatic carbocycles. The monoisotopic (exact) mass is 270 g/mol. The number of hydrogen-bond acceptors (Lipinski definition) is 4. The summed E-state index contributed by atoms with van der Waals surface area (Å²) in [5.41, 5.74) is 0. The zero-order valence-corrected chi connectivity index (χ0v) is 12.4. The van der Waals surface area contributed by atoms with E-state index in [1.54, 1.807) is 0 Å². The molecule has 19 heavy (non-hydrogen) atoms. The fraction of sp³-hybridized carbons (Fsp3) is 1.00. The second kappa shape index (κ2) is 8.90. The average Bonchev–Trinajstić information content (AvgIpc) is 2.47. The SMILES string of the molecule is CNCCC1CCCCN1CCOC1CCCCO1. The number of piperidine rings is 1. The minimum Gasteiger partial charge on any atom is -0.353 e. The number of nitrogens with zero attached hydrogens (tertiary/aromatic N) is 1. The van der Waals surface area contributed by atoms with Gasteiger partial charge < -0.3 is 14.8 Å². The Bertz CT molecular complexity index is 232. The maximum absolute atomic E-state index is 5.86. The number of ether oxygens (including phenoxy) is 2. The van der Waals surface area contributed by atoms with Crippen molar-refractivity contribution in [3.05, 3.63) is 0 Å². The molecule has 0 radical (unpaired) electrons. The van der Waals surface area contributed by atoms with Gasteiger partial charge in [-0.25, -0.2) is 0 Å². The molecule has 4 nitrogen and oxygen atoms in total. The summed E-state index contributed by atoms with van der Waals surface area (Å²) < 4.78 is 11.5. The van der Waals surface area contributed by atoms with E-state index in [9.17, 15) is 0 Å². The van der Waals surface area contributed by atoms with E-state index in [0.29, 0.717) is 0 Å². The molecule has 2 unspecified atom stereocenters. The fourth-order valence-corrected chi connectivity index (χ4v) is 3.14. The smallest absolute Gasteiger partial charge is 0.157 e. The summed E-state index contributed by atoms with van der Waals surface area (Å²) in [5, 5.41) is 3.27. The number of hydrogen-bond donors (Lipinski definition) is 1. The largest absolute Gasteiger partial charge is 0.353 e. The topological polar surface area (TPSA) is 33.7 Å². The molecule has 2 heterocycles. The highest BCUT2D eigenvalue weighted by Gasteiger charge is 2.22. The molecule has 2 rings (SSSR count). The first-order valence-electron chi connectivity index (χ1n) is 8.02. The van der Waals surface area contributed by atoms with Crippen molar-refractivity contribution in [2.75, 3.05) is 39.9 Å². The minimum absolute atomic E-state index is 0.0642. The van der Waals surface area contributed by atoms with Crippen LogP contribution in [0.1, 0.15) is 44.9 Å². The maximum Gasteiger partial charge on any atom is 0.157 e. The van der Waals surface area contributed by atoms with Gasteiger partial charge in [-0.15, -0.1) is 0 Å². The fourth-order valence-electron chi connectivity index (χ4n) is 3.14. The first kappa shape index (κ1) is 15.2. The Labute approximate surface area is 117 Å². The van der Waals surface area contributed by atoms with Gasteiger partial charge in [0.1, 0.15) is 0 Å². The Hall–Kier alpha value is -0.160. The van der Waals surface area contributed by atoms with E-state index in [-0.39, 0.29) is 6.29 Å². The molecule has 2 fully saturated rings. The molecule has 1 N–H and O–H groups in total. The van der Waals surface area contributed by atoms with E-state index in [2.05, 4.69) is 10.2 Å². The highest BCUT2D eigenvalue weighted by Crippen LogP contribution is 2.19. The predicted molar refractivity (Wildman–Crippen MR) is 77.3 cm³/mol. The van der Waals surface area contributed by atoms with Crippen LogP contribution in [0.3, 0.4) is 0 Å². The van der Waals surface area contributed by atoms with E-state index >= 15 is 0 Å².